The molecule has 1 aliphatic carbocycles. The molecule has 0 aromatic carbocycles. The summed E-state index contributed by atoms with van der Waals surface area (Å²) >= 11 is 1.37. The van der Waals surface area contributed by atoms with Gasteiger partial charge in [-0.1, -0.05) is 11.8 Å². The Morgan fingerprint density at radius 3 is 3.15 bits per heavy atom. The number of nitrogens with one attached hydrogen (secondary N) is 1. The number of imidazole rings is 1. The van der Waals surface area contributed by atoms with Crippen molar-refractivity contribution in [1.82, 2.24) is 9.97 Å². The van der Waals surface area contributed by atoms with Gasteiger partial charge >= 0.3 is 0 Å². The van der Waals surface area contributed by atoms with Crippen LogP contribution in [0.15, 0.2) is 5.16 Å². The molecule has 13 heavy (non-hydrogen) atoms. The van der Waals surface area contributed by atoms with Gasteiger partial charge in [0, 0.05) is 5.69 Å². The first-order valence-electron chi connectivity index (χ1n) is 4.24. The number of aromatic amines is 1. The third-order valence-electron chi connectivity index (χ3n) is 2.03. The summed E-state index contributed by atoms with van der Waals surface area (Å²) in [4.78, 5) is 18.1. The van der Waals surface area contributed by atoms with Gasteiger partial charge < -0.3 is 10.7 Å². The predicted octanol–water partition coefficient (Wildman–Crippen LogP) is 0.476. The summed E-state index contributed by atoms with van der Waals surface area (Å²) in [5.41, 5.74) is 7.42. The minimum atomic E-state index is -0.304. The number of primary amides is 1. The normalized spacial score (nSPS) is 14.5. The van der Waals surface area contributed by atoms with Crippen molar-refractivity contribution >= 4 is 17.7 Å². The van der Waals surface area contributed by atoms with Crippen molar-refractivity contribution in [3.63, 3.8) is 0 Å². The van der Waals surface area contributed by atoms with Crippen LogP contribution in [0.5, 0.6) is 0 Å². The number of nitrogens with two attached hydrogens (primary N) is 1. The molecule has 70 valence electrons. The highest BCUT2D eigenvalue weighted by Crippen LogP contribution is 2.23. The second-order valence-corrected chi connectivity index (χ2v) is 4.04. The number of rotatable bonds is 3. The Kier molecular flexibility index (Phi) is 2.26. The molecule has 0 spiro atoms. The summed E-state index contributed by atoms with van der Waals surface area (Å²) in [6.07, 6.45) is 3.33. The van der Waals surface area contributed by atoms with Gasteiger partial charge in [-0.25, -0.2) is 4.98 Å². The predicted molar refractivity (Wildman–Crippen MR) is 50.5 cm³/mol. The molecule has 1 aromatic heterocycles. The number of hydrogen-bond donors (Lipinski definition) is 2. The van der Waals surface area contributed by atoms with Gasteiger partial charge in [0.1, 0.15) is 0 Å². The lowest BCUT2D eigenvalue weighted by Crippen LogP contribution is -2.13. The quantitative estimate of drug-likeness (QED) is 0.692. The molecular formula is C8H11N3OS. The van der Waals surface area contributed by atoms with E-state index in [0.29, 0.717) is 5.75 Å². The van der Waals surface area contributed by atoms with Crippen molar-refractivity contribution in [2.45, 2.75) is 24.4 Å². The van der Waals surface area contributed by atoms with E-state index in [1.54, 1.807) is 0 Å². The summed E-state index contributed by atoms with van der Waals surface area (Å²) in [5.74, 6) is -0.00610. The average Bonchev–Trinajstić information content (AvgIpc) is 2.58. The molecule has 0 aliphatic heterocycles. The van der Waals surface area contributed by atoms with Crippen LogP contribution >= 0.6 is 11.8 Å². The molecule has 1 heterocycles. The first kappa shape index (κ1) is 8.62. The van der Waals surface area contributed by atoms with E-state index >= 15 is 0 Å². The molecule has 4 nitrogen and oxygen atoms in total. The van der Waals surface area contributed by atoms with Gasteiger partial charge in [0.05, 0.1) is 11.4 Å². The number of fused-ring (bicyclic) bond motifs is 1. The number of nitrogens with zero attached hydrogens (tertiary/aromatic N) is 1. The molecule has 0 unspecified atom stereocenters. The lowest BCUT2D eigenvalue weighted by atomic mass is 10.4. The van der Waals surface area contributed by atoms with Crippen LogP contribution in [-0.2, 0) is 17.6 Å². The summed E-state index contributed by atoms with van der Waals surface area (Å²) in [6.45, 7) is 0. The number of aryl methyl sites for hydroxylation is 2. The molecule has 0 radical (unpaired) electrons. The maximum absolute atomic E-state index is 10.5. The highest BCUT2D eigenvalue weighted by Gasteiger charge is 2.15. The second-order valence-electron chi connectivity index (χ2n) is 3.08. The fraction of sp³-hybridized carbons (Fsp3) is 0.500. The Labute approximate surface area is 80.3 Å². The van der Waals surface area contributed by atoms with Gasteiger partial charge in [-0.2, -0.15) is 0 Å². The molecular weight excluding hydrogens is 186 g/mol. The van der Waals surface area contributed by atoms with Gasteiger partial charge in [-0.3, -0.25) is 4.79 Å². The second kappa shape index (κ2) is 3.41. The molecule has 1 aliphatic rings. The van der Waals surface area contributed by atoms with Crippen LogP contribution < -0.4 is 5.73 Å². The van der Waals surface area contributed by atoms with E-state index in [2.05, 4.69) is 9.97 Å². The Bertz CT molecular complexity index is 313. The standard InChI is InChI=1S/C8H11N3OS/c9-7(12)4-13-8-10-5-2-1-3-6(5)11-8/h1-4H2,(H2,9,12)(H,10,11). The van der Waals surface area contributed by atoms with Crippen molar-refractivity contribution < 1.29 is 4.79 Å². The first-order chi connectivity index (χ1) is 6.25. The fourth-order valence-electron chi connectivity index (χ4n) is 1.47. The van der Waals surface area contributed by atoms with Crippen LogP contribution in [0, 0.1) is 0 Å². The van der Waals surface area contributed by atoms with E-state index in [1.165, 1.54) is 23.9 Å². The molecule has 0 saturated heterocycles. The Hall–Kier alpha value is -0.970. The van der Waals surface area contributed by atoms with E-state index in [4.69, 9.17) is 5.73 Å². The maximum Gasteiger partial charge on any atom is 0.227 e. The number of thioether (sulfide) groups is 1. The first-order valence-corrected chi connectivity index (χ1v) is 5.23. The summed E-state index contributed by atoms with van der Waals surface area (Å²) in [5, 5.41) is 0.823. The Morgan fingerprint density at radius 1 is 1.62 bits per heavy atom. The van der Waals surface area contributed by atoms with Gasteiger partial charge in [-0.15, -0.1) is 0 Å². The van der Waals surface area contributed by atoms with E-state index in [0.717, 1.165) is 23.7 Å². The monoisotopic (exact) mass is 197 g/mol. The molecule has 3 N–H and O–H groups in total. The minimum Gasteiger partial charge on any atom is -0.369 e. The van der Waals surface area contributed by atoms with Crippen LogP contribution in [0.3, 0.4) is 0 Å². The molecule has 0 bridgehead atoms. The molecule has 0 fully saturated rings. The molecule has 1 aromatic rings. The van der Waals surface area contributed by atoms with Gasteiger partial charge in [-0.05, 0) is 19.3 Å². The van der Waals surface area contributed by atoms with Crippen LogP contribution in [0.1, 0.15) is 17.8 Å². The highest BCUT2D eigenvalue weighted by molar-refractivity contribution is 7.99. The number of H-pyrrole nitrogens is 1. The fourth-order valence-corrected chi connectivity index (χ4v) is 2.12. The third-order valence-corrected chi connectivity index (χ3v) is 2.93. The van der Waals surface area contributed by atoms with Crippen LogP contribution in [-0.4, -0.2) is 21.6 Å². The Balaban J connectivity index is 2.02. The van der Waals surface area contributed by atoms with Crippen molar-refractivity contribution in [2.75, 3.05) is 5.75 Å². The lowest BCUT2D eigenvalue weighted by molar-refractivity contribution is -0.115. The van der Waals surface area contributed by atoms with E-state index in [9.17, 15) is 4.79 Å². The van der Waals surface area contributed by atoms with Crippen LogP contribution in [0.4, 0.5) is 0 Å². The van der Waals surface area contributed by atoms with E-state index in [1.807, 2.05) is 0 Å². The smallest absolute Gasteiger partial charge is 0.227 e. The van der Waals surface area contributed by atoms with E-state index in [-0.39, 0.29) is 5.91 Å². The molecule has 2 rings (SSSR count). The molecule has 1 amide bonds. The van der Waals surface area contributed by atoms with Crippen molar-refractivity contribution in [2.24, 2.45) is 5.73 Å². The summed E-state index contributed by atoms with van der Waals surface area (Å²) in [7, 11) is 0. The average molecular weight is 197 g/mol. The number of aromatic nitrogens is 2. The molecule has 0 atom stereocenters. The zero-order valence-corrected chi connectivity index (χ0v) is 7.99. The third kappa shape index (κ3) is 1.85. The number of carbonyl (C=O) groups is 1. The maximum atomic E-state index is 10.5. The van der Waals surface area contributed by atoms with Crippen molar-refractivity contribution in [1.29, 1.82) is 0 Å². The largest absolute Gasteiger partial charge is 0.369 e. The van der Waals surface area contributed by atoms with E-state index < -0.39 is 0 Å². The number of carbonyl (C=O) groups excluding carboxylic acids is 1. The Morgan fingerprint density at radius 2 is 2.46 bits per heavy atom. The SMILES string of the molecule is NC(=O)CSc1nc2c([nH]1)CCC2. The zero-order chi connectivity index (χ0) is 9.26. The molecule has 5 heteroatoms. The van der Waals surface area contributed by atoms with Gasteiger partial charge in [0.25, 0.3) is 0 Å². The topological polar surface area (TPSA) is 71.8 Å². The van der Waals surface area contributed by atoms with Crippen molar-refractivity contribution in [3.8, 4) is 0 Å². The van der Waals surface area contributed by atoms with Crippen LogP contribution in [0.25, 0.3) is 0 Å². The van der Waals surface area contributed by atoms with Gasteiger partial charge in [0.15, 0.2) is 5.16 Å². The summed E-state index contributed by atoms with van der Waals surface area (Å²) < 4.78 is 0. The van der Waals surface area contributed by atoms with Gasteiger partial charge in [0.2, 0.25) is 5.91 Å². The minimum absolute atomic E-state index is 0.298. The number of amides is 1. The summed E-state index contributed by atoms with van der Waals surface area (Å²) in [6, 6.07) is 0. The van der Waals surface area contributed by atoms with Crippen LogP contribution in [0.2, 0.25) is 0 Å². The number of hydrogen-bond acceptors (Lipinski definition) is 3. The lowest BCUT2D eigenvalue weighted by Gasteiger charge is -1.92. The zero-order valence-electron chi connectivity index (χ0n) is 7.17. The van der Waals surface area contributed by atoms with Crippen molar-refractivity contribution in [3.05, 3.63) is 11.4 Å². The molecule has 0 saturated carbocycles. The highest BCUT2D eigenvalue weighted by atomic mass is 32.2.